The third-order valence-corrected chi connectivity index (χ3v) is 1.73. The van der Waals surface area contributed by atoms with Crippen LogP contribution in [0, 0.1) is 5.41 Å². The third kappa shape index (κ3) is 4.71. The van der Waals surface area contributed by atoms with Crippen LogP contribution in [0.2, 0.25) is 0 Å². The summed E-state index contributed by atoms with van der Waals surface area (Å²) >= 11 is 0. The molecule has 1 atom stereocenters. The topological polar surface area (TPSA) is 39.5 Å². The molecule has 11 heavy (non-hydrogen) atoms. The molecule has 0 bridgehead atoms. The molecular weight excluding hydrogens is 138 g/mol. The second-order valence-electron chi connectivity index (χ2n) is 2.86. The minimum atomic E-state index is 0.470. The number of nitrogens with one attached hydrogen (secondary N) is 1. The molecule has 0 aromatic heterocycles. The Kier molecular flexibility index (Phi) is 5.71. The van der Waals surface area contributed by atoms with Gasteiger partial charge in [-0.15, -0.1) is 0 Å². The van der Waals surface area contributed by atoms with Gasteiger partial charge in [0.1, 0.15) is 0 Å². The molecule has 0 aliphatic heterocycles. The summed E-state index contributed by atoms with van der Waals surface area (Å²) < 4.78 is 0. The van der Waals surface area contributed by atoms with Gasteiger partial charge in [-0.1, -0.05) is 13.3 Å². The average molecular weight is 155 g/mol. The van der Waals surface area contributed by atoms with Crippen molar-refractivity contribution in [1.29, 1.82) is 5.41 Å². The largest absolute Gasteiger partial charge is 0.305 e. The Balaban J connectivity index is 3.78. The van der Waals surface area contributed by atoms with Crippen molar-refractivity contribution in [1.82, 2.24) is 4.90 Å². The zero-order valence-corrected chi connectivity index (χ0v) is 7.59. The average Bonchev–Trinajstić information content (AvgIpc) is 1.97. The molecular formula is C8H17N3. The zero-order chi connectivity index (χ0) is 8.69. The predicted molar refractivity (Wildman–Crippen MR) is 47.4 cm³/mol. The molecule has 0 spiro atoms. The van der Waals surface area contributed by atoms with Crippen LogP contribution in [0.1, 0.15) is 19.8 Å². The summed E-state index contributed by atoms with van der Waals surface area (Å²) in [7, 11) is 4.08. The minimum Gasteiger partial charge on any atom is -0.305 e. The first-order valence-electron chi connectivity index (χ1n) is 3.97. The Hall–Kier alpha value is -0.660. The summed E-state index contributed by atoms with van der Waals surface area (Å²) in [4.78, 5) is 5.93. The van der Waals surface area contributed by atoms with Crippen molar-refractivity contribution in [2.75, 3.05) is 20.6 Å². The van der Waals surface area contributed by atoms with Crippen molar-refractivity contribution >= 4 is 6.01 Å². The van der Waals surface area contributed by atoms with Crippen LogP contribution < -0.4 is 0 Å². The van der Waals surface area contributed by atoms with Gasteiger partial charge in [0, 0.05) is 6.04 Å². The zero-order valence-electron chi connectivity index (χ0n) is 7.59. The van der Waals surface area contributed by atoms with E-state index in [1.54, 1.807) is 0 Å². The number of hydrogen-bond donors (Lipinski definition) is 1. The van der Waals surface area contributed by atoms with Gasteiger partial charge in [0.15, 0.2) is 0 Å². The standard InChI is InChI=1S/C8H17N3/c1-4-5-8(11(2)3)6-10-7-9/h8-9H,4-6H2,1-3H3. The second kappa shape index (κ2) is 6.08. The van der Waals surface area contributed by atoms with Crippen molar-refractivity contribution in [2.24, 2.45) is 4.99 Å². The van der Waals surface area contributed by atoms with Gasteiger partial charge in [-0.3, -0.25) is 0 Å². The molecule has 0 aromatic rings. The minimum absolute atomic E-state index is 0.470. The maximum Gasteiger partial charge on any atom is 0.0862 e. The number of aliphatic imine (C=N–C) groups is 1. The monoisotopic (exact) mass is 155 g/mol. The second-order valence-corrected chi connectivity index (χ2v) is 2.86. The van der Waals surface area contributed by atoms with Crippen LogP contribution in [0.5, 0.6) is 0 Å². The maximum atomic E-state index is 6.63. The lowest BCUT2D eigenvalue weighted by molar-refractivity contribution is 0.284. The van der Waals surface area contributed by atoms with Crippen LogP contribution in [-0.4, -0.2) is 37.6 Å². The smallest absolute Gasteiger partial charge is 0.0862 e. The fourth-order valence-electron chi connectivity index (χ4n) is 0.997. The fraction of sp³-hybridized carbons (Fsp3) is 0.875. The highest BCUT2D eigenvalue weighted by Crippen LogP contribution is 2.02. The van der Waals surface area contributed by atoms with Crippen LogP contribution in [0.15, 0.2) is 4.99 Å². The molecule has 3 heteroatoms. The number of nitrogens with zero attached hydrogens (tertiary/aromatic N) is 2. The summed E-state index contributed by atoms with van der Waals surface area (Å²) in [6, 6.07) is 2.53. The van der Waals surface area contributed by atoms with E-state index in [4.69, 9.17) is 5.41 Å². The summed E-state index contributed by atoms with van der Waals surface area (Å²) in [6.07, 6.45) is 2.30. The van der Waals surface area contributed by atoms with Crippen LogP contribution in [0.3, 0.4) is 0 Å². The van der Waals surface area contributed by atoms with Crippen molar-refractivity contribution in [2.45, 2.75) is 25.8 Å². The molecule has 0 aliphatic rings. The summed E-state index contributed by atoms with van der Waals surface area (Å²) in [5.41, 5.74) is 0. The Morgan fingerprint density at radius 3 is 2.55 bits per heavy atom. The molecule has 0 aromatic carbocycles. The van der Waals surface area contributed by atoms with E-state index in [1.807, 2.05) is 14.1 Å². The first-order valence-corrected chi connectivity index (χ1v) is 3.97. The molecule has 0 amide bonds. The van der Waals surface area contributed by atoms with Crippen LogP contribution in [0.4, 0.5) is 0 Å². The maximum absolute atomic E-state index is 6.63. The van der Waals surface area contributed by atoms with Gasteiger partial charge >= 0.3 is 0 Å². The van der Waals surface area contributed by atoms with Crippen LogP contribution in [-0.2, 0) is 0 Å². The van der Waals surface area contributed by atoms with E-state index in [1.165, 1.54) is 0 Å². The normalized spacial score (nSPS) is 12.7. The number of hydrogen-bond acceptors (Lipinski definition) is 3. The van der Waals surface area contributed by atoms with Gasteiger partial charge < -0.3 is 4.90 Å². The van der Waals surface area contributed by atoms with E-state index < -0.39 is 0 Å². The molecule has 0 aliphatic carbocycles. The van der Waals surface area contributed by atoms with Crippen molar-refractivity contribution in [3.05, 3.63) is 0 Å². The Bertz CT molecular complexity index is 136. The Labute approximate surface area is 68.6 Å². The quantitative estimate of drug-likeness (QED) is 0.600. The molecule has 0 heterocycles. The van der Waals surface area contributed by atoms with E-state index in [0.29, 0.717) is 12.6 Å². The van der Waals surface area contributed by atoms with E-state index >= 15 is 0 Å². The first kappa shape index (κ1) is 10.3. The van der Waals surface area contributed by atoms with E-state index in [0.717, 1.165) is 12.8 Å². The van der Waals surface area contributed by atoms with Crippen molar-refractivity contribution < 1.29 is 0 Å². The van der Waals surface area contributed by atoms with Crippen molar-refractivity contribution in [3.63, 3.8) is 0 Å². The van der Waals surface area contributed by atoms with E-state index in [2.05, 4.69) is 22.8 Å². The van der Waals surface area contributed by atoms with E-state index in [-0.39, 0.29) is 0 Å². The molecule has 1 unspecified atom stereocenters. The highest BCUT2D eigenvalue weighted by molar-refractivity contribution is 5.35. The summed E-state index contributed by atoms with van der Waals surface area (Å²) in [5, 5.41) is 6.63. The van der Waals surface area contributed by atoms with Gasteiger partial charge in [-0.05, 0) is 20.5 Å². The molecule has 0 rings (SSSR count). The third-order valence-electron chi connectivity index (χ3n) is 1.73. The lowest BCUT2D eigenvalue weighted by atomic mass is 10.1. The van der Waals surface area contributed by atoms with Gasteiger partial charge in [-0.25, -0.2) is 10.4 Å². The van der Waals surface area contributed by atoms with Gasteiger partial charge in [0.25, 0.3) is 0 Å². The molecule has 0 saturated carbocycles. The Morgan fingerprint density at radius 1 is 1.55 bits per heavy atom. The SMILES string of the molecule is CCCC(CN=C=N)N(C)C. The molecule has 3 nitrogen and oxygen atoms in total. The summed E-state index contributed by atoms with van der Waals surface area (Å²) in [5.74, 6) is 0. The lowest BCUT2D eigenvalue weighted by Crippen LogP contribution is -2.30. The van der Waals surface area contributed by atoms with Crippen LogP contribution in [0.25, 0.3) is 0 Å². The lowest BCUT2D eigenvalue weighted by Gasteiger charge is -2.20. The molecule has 0 radical (unpaired) electrons. The molecule has 0 saturated heterocycles. The Morgan fingerprint density at radius 2 is 2.18 bits per heavy atom. The fourth-order valence-corrected chi connectivity index (χ4v) is 0.997. The molecule has 64 valence electrons. The summed E-state index contributed by atoms with van der Waals surface area (Å²) in [6.45, 7) is 2.86. The highest BCUT2D eigenvalue weighted by atomic mass is 15.1. The van der Waals surface area contributed by atoms with Gasteiger partial charge in [0.2, 0.25) is 0 Å². The van der Waals surface area contributed by atoms with Gasteiger partial charge in [0.05, 0.1) is 12.6 Å². The first-order chi connectivity index (χ1) is 5.22. The number of likely N-dealkylation sites (N-methyl/N-ethyl adjacent to an activating group) is 1. The predicted octanol–water partition coefficient (Wildman–Crippen LogP) is 1.47. The number of rotatable bonds is 5. The van der Waals surface area contributed by atoms with Crippen molar-refractivity contribution in [3.8, 4) is 0 Å². The van der Waals surface area contributed by atoms with Crippen LogP contribution >= 0.6 is 0 Å². The highest BCUT2D eigenvalue weighted by Gasteiger charge is 2.07. The molecule has 1 N–H and O–H groups in total. The van der Waals surface area contributed by atoms with Gasteiger partial charge in [-0.2, -0.15) is 0 Å². The molecule has 0 fully saturated rings. The van der Waals surface area contributed by atoms with E-state index in [9.17, 15) is 0 Å².